The van der Waals surface area contributed by atoms with Crippen molar-refractivity contribution >= 4 is 13.7 Å². The minimum Gasteiger partial charge on any atom is -0.756 e. The Kier molecular flexibility index (Phi) is 67.1. The van der Waals surface area contributed by atoms with Gasteiger partial charge in [0.2, 0.25) is 5.91 Å². The second-order valence-electron chi connectivity index (χ2n) is 27.7. The van der Waals surface area contributed by atoms with Crippen LogP contribution in [0.5, 0.6) is 0 Å². The van der Waals surface area contributed by atoms with Crippen LogP contribution >= 0.6 is 7.82 Å². The molecule has 0 aliphatic carbocycles. The highest BCUT2D eigenvalue weighted by Gasteiger charge is 2.23. The molecule has 0 heterocycles. The number of hydrogen-bond acceptors (Lipinski definition) is 6. The zero-order chi connectivity index (χ0) is 62.6. The summed E-state index contributed by atoms with van der Waals surface area (Å²) >= 11 is 0. The average molecular weight is 1230 g/mol. The maximum atomic E-state index is 13.0. The Labute approximate surface area is 537 Å². The number of unbranched alkanes of at least 4 members (excludes halogenated alkanes) is 55. The summed E-state index contributed by atoms with van der Waals surface area (Å²) in [4.78, 5) is 25.6. The van der Waals surface area contributed by atoms with Gasteiger partial charge in [-0.2, -0.15) is 0 Å². The van der Waals surface area contributed by atoms with Crippen molar-refractivity contribution < 1.29 is 32.9 Å². The first-order valence-corrected chi connectivity index (χ1v) is 39.8. The Balaban J connectivity index is 3.92. The number of nitrogens with zero attached hydrogens (tertiary/aromatic N) is 1. The zero-order valence-electron chi connectivity index (χ0n) is 58.5. The van der Waals surface area contributed by atoms with E-state index in [4.69, 9.17) is 9.05 Å². The normalized spacial score (nSPS) is 13.7. The van der Waals surface area contributed by atoms with Gasteiger partial charge in [-0.15, -0.1) is 0 Å². The van der Waals surface area contributed by atoms with Gasteiger partial charge in [0, 0.05) is 6.42 Å². The van der Waals surface area contributed by atoms with Crippen LogP contribution in [0.25, 0.3) is 0 Å². The second kappa shape index (κ2) is 68.1. The molecule has 0 aliphatic rings. The van der Waals surface area contributed by atoms with Gasteiger partial charge < -0.3 is 28.8 Å². The number of likely N-dealkylation sites (N-methyl/N-ethyl adjacent to an activating group) is 1. The smallest absolute Gasteiger partial charge is 0.268 e. The SMILES string of the molecule is CCCCCCCCCCCCCCC/C=C/CC/C=C/CC/C=C/C(O)C(COP(=O)([O-])OCC[N+](C)(C)C)NC(=O)CCCCCCCCCCCCCCCCCCCCCCCCCCCCCCCCCCCCCCCCCCC. The third-order valence-electron chi connectivity index (χ3n) is 17.8. The summed E-state index contributed by atoms with van der Waals surface area (Å²) < 4.78 is 23.4. The van der Waals surface area contributed by atoms with Crippen molar-refractivity contribution in [2.45, 2.75) is 411 Å². The van der Waals surface area contributed by atoms with E-state index in [2.05, 4.69) is 43.5 Å². The zero-order valence-corrected chi connectivity index (χ0v) is 59.4. The first-order chi connectivity index (χ1) is 42.0. The molecule has 0 spiro atoms. The Bertz CT molecular complexity index is 1500. The number of aliphatic hydroxyl groups excluding tert-OH is 1. The molecular formula is C77H151N2O6P. The molecule has 0 radical (unpaired) electrons. The van der Waals surface area contributed by atoms with Crippen molar-refractivity contribution in [1.29, 1.82) is 0 Å². The lowest BCUT2D eigenvalue weighted by atomic mass is 10.0. The molecule has 0 aromatic heterocycles. The molecule has 0 fully saturated rings. The van der Waals surface area contributed by atoms with Gasteiger partial charge in [-0.3, -0.25) is 9.36 Å². The van der Waals surface area contributed by atoms with Gasteiger partial charge in [0.05, 0.1) is 39.9 Å². The van der Waals surface area contributed by atoms with Crippen molar-refractivity contribution in [3.63, 3.8) is 0 Å². The quantitative estimate of drug-likeness (QED) is 0.0272. The molecule has 0 aliphatic heterocycles. The fourth-order valence-electron chi connectivity index (χ4n) is 11.9. The van der Waals surface area contributed by atoms with E-state index in [1.54, 1.807) is 6.08 Å². The van der Waals surface area contributed by atoms with Crippen LogP contribution in [0.4, 0.5) is 0 Å². The Hall–Kier alpha value is -1.28. The van der Waals surface area contributed by atoms with Gasteiger partial charge in [0.15, 0.2) is 0 Å². The molecule has 2 N–H and O–H groups in total. The largest absolute Gasteiger partial charge is 0.756 e. The molecule has 86 heavy (non-hydrogen) atoms. The fraction of sp³-hybridized carbons (Fsp3) is 0.909. The molecule has 8 nitrogen and oxygen atoms in total. The van der Waals surface area contributed by atoms with Crippen LogP contribution in [0, 0.1) is 0 Å². The maximum absolute atomic E-state index is 13.0. The number of quaternary nitrogens is 1. The lowest BCUT2D eigenvalue weighted by Gasteiger charge is -2.29. The van der Waals surface area contributed by atoms with Crippen LogP contribution in [0.15, 0.2) is 36.5 Å². The third kappa shape index (κ3) is 70.2. The lowest BCUT2D eigenvalue weighted by molar-refractivity contribution is -0.870. The lowest BCUT2D eigenvalue weighted by Crippen LogP contribution is -2.45. The van der Waals surface area contributed by atoms with Gasteiger partial charge in [0.25, 0.3) is 7.82 Å². The predicted molar refractivity (Wildman–Crippen MR) is 376 cm³/mol. The number of carbonyl (C=O) groups is 1. The van der Waals surface area contributed by atoms with E-state index in [9.17, 15) is 19.4 Å². The Morgan fingerprint density at radius 3 is 0.942 bits per heavy atom. The summed E-state index contributed by atoms with van der Waals surface area (Å²) in [6.07, 6.45) is 91.8. The number of carbonyl (C=O) groups excluding carboxylic acids is 1. The number of nitrogens with one attached hydrogen (secondary N) is 1. The molecule has 3 unspecified atom stereocenters. The number of aliphatic hydroxyl groups is 1. The van der Waals surface area contributed by atoms with Crippen molar-refractivity contribution in [3.8, 4) is 0 Å². The molecule has 0 saturated heterocycles. The van der Waals surface area contributed by atoms with Gasteiger partial charge in [0.1, 0.15) is 13.2 Å². The van der Waals surface area contributed by atoms with E-state index in [0.717, 1.165) is 44.9 Å². The first-order valence-electron chi connectivity index (χ1n) is 38.4. The second-order valence-corrected chi connectivity index (χ2v) is 29.1. The number of phosphoric acid groups is 1. The Morgan fingerprint density at radius 2 is 0.651 bits per heavy atom. The highest BCUT2D eigenvalue weighted by Crippen LogP contribution is 2.38. The Morgan fingerprint density at radius 1 is 0.395 bits per heavy atom. The number of phosphoric ester groups is 1. The van der Waals surface area contributed by atoms with Gasteiger partial charge in [-0.05, 0) is 44.9 Å². The van der Waals surface area contributed by atoms with Crippen LogP contribution in [-0.4, -0.2) is 68.5 Å². The standard InChI is InChI=1S/C77H151N2O6P/c1-6-8-10-12-14-16-18-20-22-24-26-28-30-31-32-33-34-35-36-37-38-39-40-41-42-43-44-45-46-47-49-51-53-55-57-59-61-63-65-67-69-71-77(81)78-75(74-85-86(82,83)84-73-72-79(3,4)5)76(80)70-68-66-64-62-60-58-56-54-52-50-48-29-27-25-23-21-19-17-15-13-11-9-7-2/h52,54,60,62,68,70,75-76,80H,6-51,53,55-59,61,63-67,69,71-74H2,1-5H3,(H-,78,81,82,83)/b54-52+,62-60+,70-68+. The van der Waals surface area contributed by atoms with Crippen molar-refractivity contribution in [1.82, 2.24) is 5.32 Å². The number of hydrogen-bond donors (Lipinski definition) is 2. The van der Waals surface area contributed by atoms with Crippen molar-refractivity contribution in [2.75, 3.05) is 40.9 Å². The third-order valence-corrected chi connectivity index (χ3v) is 18.8. The number of rotatable bonds is 72. The summed E-state index contributed by atoms with van der Waals surface area (Å²) in [6, 6.07) is -0.910. The average Bonchev–Trinajstić information content (AvgIpc) is 3.70. The van der Waals surface area contributed by atoms with Crippen molar-refractivity contribution in [3.05, 3.63) is 36.5 Å². The topological polar surface area (TPSA) is 108 Å². The number of amides is 1. The van der Waals surface area contributed by atoms with Crippen LogP contribution in [0.1, 0.15) is 399 Å². The van der Waals surface area contributed by atoms with Gasteiger partial charge in [-0.1, -0.05) is 384 Å². The van der Waals surface area contributed by atoms with Crippen LogP contribution in [0.3, 0.4) is 0 Å². The van der Waals surface area contributed by atoms with E-state index >= 15 is 0 Å². The van der Waals surface area contributed by atoms with E-state index in [1.807, 2.05) is 27.2 Å². The summed E-state index contributed by atoms with van der Waals surface area (Å²) in [6.45, 7) is 4.68. The molecule has 3 atom stereocenters. The highest BCUT2D eigenvalue weighted by molar-refractivity contribution is 7.45. The first kappa shape index (κ1) is 84.7. The molecule has 0 saturated carbocycles. The van der Waals surface area contributed by atoms with E-state index in [1.165, 1.54) is 334 Å². The summed E-state index contributed by atoms with van der Waals surface area (Å²) in [5.74, 6) is -0.203. The number of allylic oxidation sites excluding steroid dienone is 5. The summed E-state index contributed by atoms with van der Waals surface area (Å²) in [5.41, 5.74) is 0. The fourth-order valence-corrected chi connectivity index (χ4v) is 12.6. The predicted octanol–water partition coefficient (Wildman–Crippen LogP) is 24.2. The van der Waals surface area contributed by atoms with Crippen molar-refractivity contribution in [2.24, 2.45) is 0 Å². The molecule has 0 aromatic carbocycles. The molecular weight excluding hydrogens is 1080 g/mol. The molecule has 510 valence electrons. The van der Waals surface area contributed by atoms with Gasteiger partial charge >= 0.3 is 0 Å². The summed E-state index contributed by atoms with van der Waals surface area (Å²) in [5, 5.41) is 13.9. The van der Waals surface area contributed by atoms with Crippen LogP contribution < -0.4 is 10.2 Å². The van der Waals surface area contributed by atoms with E-state index in [-0.39, 0.29) is 12.5 Å². The highest BCUT2D eigenvalue weighted by atomic mass is 31.2. The molecule has 0 rings (SSSR count). The van der Waals surface area contributed by atoms with Gasteiger partial charge in [-0.25, -0.2) is 0 Å². The molecule has 9 heteroatoms. The summed E-state index contributed by atoms with van der Waals surface area (Å²) in [7, 11) is 1.25. The molecule has 1 amide bonds. The van der Waals surface area contributed by atoms with E-state index in [0.29, 0.717) is 17.4 Å². The van der Waals surface area contributed by atoms with Crippen LogP contribution in [0.2, 0.25) is 0 Å². The monoisotopic (exact) mass is 1230 g/mol. The van der Waals surface area contributed by atoms with Crippen LogP contribution in [-0.2, 0) is 18.4 Å². The minimum absolute atomic E-state index is 0.00706. The minimum atomic E-state index is -4.61. The molecule has 0 bridgehead atoms. The van der Waals surface area contributed by atoms with E-state index < -0.39 is 26.6 Å². The molecule has 0 aromatic rings. The maximum Gasteiger partial charge on any atom is 0.268 e.